The molecular weight excluding hydrogens is 430 g/mol. The minimum absolute atomic E-state index is 0.0120. The van der Waals surface area contributed by atoms with Gasteiger partial charge in [-0.15, -0.1) is 0 Å². The molecule has 2 amide bonds. The number of nitrogens with zero attached hydrogens (tertiary/aromatic N) is 2. The minimum Gasteiger partial charge on any atom is -0.495 e. The van der Waals surface area contributed by atoms with Crippen molar-refractivity contribution < 1.29 is 22.7 Å². The van der Waals surface area contributed by atoms with Crippen LogP contribution in [0.3, 0.4) is 0 Å². The third kappa shape index (κ3) is 5.09. The Morgan fingerprint density at radius 1 is 1.03 bits per heavy atom. The van der Waals surface area contributed by atoms with Gasteiger partial charge in [-0.2, -0.15) is 0 Å². The molecule has 1 saturated carbocycles. The molecule has 0 unspecified atom stereocenters. The van der Waals surface area contributed by atoms with E-state index in [-0.39, 0.29) is 34.4 Å². The Labute approximate surface area is 190 Å². The first kappa shape index (κ1) is 23.0. The number of hydrogen-bond acceptors (Lipinski definition) is 5. The number of ether oxygens (including phenoxy) is 1. The molecule has 2 saturated heterocycles. The van der Waals surface area contributed by atoms with Crippen LogP contribution in [0.5, 0.6) is 5.75 Å². The van der Waals surface area contributed by atoms with Crippen molar-refractivity contribution in [2.24, 2.45) is 11.8 Å². The van der Waals surface area contributed by atoms with Gasteiger partial charge in [0.2, 0.25) is 15.9 Å². The van der Waals surface area contributed by atoms with Crippen LogP contribution in [0.2, 0.25) is 0 Å². The molecule has 1 aromatic carbocycles. The van der Waals surface area contributed by atoms with Crippen molar-refractivity contribution >= 4 is 21.8 Å². The lowest BCUT2D eigenvalue weighted by Crippen LogP contribution is -2.47. The van der Waals surface area contributed by atoms with Gasteiger partial charge in [0.15, 0.2) is 0 Å². The molecule has 1 atom stereocenters. The summed E-state index contributed by atoms with van der Waals surface area (Å²) in [7, 11) is -2.34. The lowest BCUT2D eigenvalue weighted by Gasteiger charge is -2.37. The first-order chi connectivity index (χ1) is 15.3. The van der Waals surface area contributed by atoms with Gasteiger partial charge in [0.05, 0.1) is 7.11 Å². The summed E-state index contributed by atoms with van der Waals surface area (Å²) >= 11 is 0. The first-order valence-corrected chi connectivity index (χ1v) is 13.0. The van der Waals surface area contributed by atoms with E-state index < -0.39 is 10.0 Å². The maximum Gasteiger partial charge on any atom is 0.253 e. The summed E-state index contributed by atoms with van der Waals surface area (Å²) in [5, 5.41) is 0. The fraction of sp³-hybridized carbons (Fsp3) is 0.652. The van der Waals surface area contributed by atoms with Crippen LogP contribution < -0.4 is 9.46 Å². The van der Waals surface area contributed by atoms with E-state index in [1.165, 1.54) is 25.7 Å². The molecule has 3 fully saturated rings. The molecule has 176 valence electrons. The Bertz CT molecular complexity index is 968. The zero-order valence-electron chi connectivity index (χ0n) is 18.9. The standard InChI is InChI=1S/C23H33N3O5S/c1-16-4-3-11-26(15-16)22(27)17-9-12-25(13-10-17)23(28)18-5-8-20(31-2)21(14-18)32(29,30)24-19-6-7-19/h5,8,14,16-17,19,24H,3-4,6-7,9-13,15H2,1-2H3/t16-/m1/s1. The molecule has 9 heteroatoms. The zero-order chi connectivity index (χ0) is 22.9. The summed E-state index contributed by atoms with van der Waals surface area (Å²) in [6.07, 6.45) is 5.16. The Hall–Kier alpha value is -2.13. The lowest BCUT2D eigenvalue weighted by molar-refractivity contribution is -0.138. The van der Waals surface area contributed by atoms with E-state index in [0.717, 1.165) is 32.4 Å². The van der Waals surface area contributed by atoms with Gasteiger partial charge in [0.1, 0.15) is 10.6 Å². The van der Waals surface area contributed by atoms with Gasteiger partial charge in [0, 0.05) is 43.7 Å². The summed E-state index contributed by atoms with van der Waals surface area (Å²) in [6.45, 7) is 4.83. The number of piperidine rings is 2. The summed E-state index contributed by atoms with van der Waals surface area (Å²) in [4.78, 5) is 29.7. The maximum absolute atomic E-state index is 13.1. The number of rotatable bonds is 6. The second-order valence-corrected chi connectivity index (χ2v) is 11.0. The molecule has 8 nitrogen and oxygen atoms in total. The van der Waals surface area contributed by atoms with Gasteiger partial charge in [-0.25, -0.2) is 13.1 Å². The highest BCUT2D eigenvalue weighted by atomic mass is 32.2. The molecule has 0 bridgehead atoms. The number of carbonyl (C=O) groups excluding carboxylic acids is 2. The number of benzene rings is 1. The van der Waals surface area contributed by atoms with E-state index in [0.29, 0.717) is 37.4 Å². The molecule has 1 aromatic rings. The SMILES string of the molecule is COc1ccc(C(=O)N2CCC(C(=O)N3CCC[C@@H](C)C3)CC2)cc1S(=O)(=O)NC1CC1. The Kier molecular flexibility index (Phi) is 6.76. The number of carbonyl (C=O) groups is 2. The number of hydrogen-bond donors (Lipinski definition) is 1. The quantitative estimate of drug-likeness (QED) is 0.698. The van der Waals surface area contributed by atoms with Gasteiger partial charge >= 0.3 is 0 Å². The molecule has 0 radical (unpaired) electrons. The molecule has 4 rings (SSSR count). The largest absolute Gasteiger partial charge is 0.495 e. The van der Waals surface area contributed by atoms with Crippen molar-refractivity contribution in [1.82, 2.24) is 14.5 Å². The Balaban J connectivity index is 1.41. The number of amides is 2. The van der Waals surface area contributed by atoms with E-state index >= 15 is 0 Å². The van der Waals surface area contributed by atoms with Crippen LogP contribution in [-0.4, -0.2) is 69.4 Å². The van der Waals surface area contributed by atoms with Crippen LogP contribution in [0, 0.1) is 11.8 Å². The summed E-state index contributed by atoms with van der Waals surface area (Å²) in [5.74, 6) is 0.721. The van der Waals surface area contributed by atoms with Crippen LogP contribution in [0.1, 0.15) is 55.8 Å². The number of nitrogens with one attached hydrogen (secondary N) is 1. The number of sulfonamides is 1. The minimum atomic E-state index is -3.76. The van der Waals surface area contributed by atoms with E-state index in [4.69, 9.17) is 4.74 Å². The van der Waals surface area contributed by atoms with Crippen molar-refractivity contribution in [2.75, 3.05) is 33.3 Å². The summed E-state index contributed by atoms with van der Waals surface area (Å²) in [6, 6.07) is 4.49. The van der Waals surface area contributed by atoms with E-state index in [1.807, 2.05) is 4.90 Å². The van der Waals surface area contributed by atoms with Gasteiger partial charge in [-0.3, -0.25) is 9.59 Å². The van der Waals surface area contributed by atoms with Gasteiger partial charge < -0.3 is 14.5 Å². The highest BCUT2D eigenvalue weighted by molar-refractivity contribution is 7.89. The second kappa shape index (κ2) is 9.39. The highest BCUT2D eigenvalue weighted by Gasteiger charge is 2.33. The Morgan fingerprint density at radius 3 is 2.38 bits per heavy atom. The molecule has 32 heavy (non-hydrogen) atoms. The molecule has 2 heterocycles. The van der Waals surface area contributed by atoms with Crippen molar-refractivity contribution in [1.29, 1.82) is 0 Å². The van der Waals surface area contributed by atoms with Crippen molar-refractivity contribution in [3.63, 3.8) is 0 Å². The highest BCUT2D eigenvalue weighted by Crippen LogP contribution is 2.30. The monoisotopic (exact) mass is 463 g/mol. The molecular formula is C23H33N3O5S. The zero-order valence-corrected chi connectivity index (χ0v) is 19.7. The van der Waals surface area contributed by atoms with E-state index in [1.54, 1.807) is 11.0 Å². The van der Waals surface area contributed by atoms with Crippen LogP contribution in [0.15, 0.2) is 23.1 Å². The predicted molar refractivity (Wildman–Crippen MR) is 120 cm³/mol. The van der Waals surface area contributed by atoms with Crippen LogP contribution in [-0.2, 0) is 14.8 Å². The number of likely N-dealkylation sites (tertiary alicyclic amines) is 2. The third-order valence-electron chi connectivity index (χ3n) is 6.70. The van der Waals surface area contributed by atoms with Crippen LogP contribution >= 0.6 is 0 Å². The van der Waals surface area contributed by atoms with Crippen LogP contribution in [0.4, 0.5) is 0 Å². The van der Waals surface area contributed by atoms with Gasteiger partial charge in [0.25, 0.3) is 5.91 Å². The van der Waals surface area contributed by atoms with E-state index in [9.17, 15) is 18.0 Å². The fourth-order valence-corrected chi connectivity index (χ4v) is 6.16. The van der Waals surface area contributed by atoms with Crippen molar-refractivity contribution in [3.05, 3.63) is 23.8 Å². The number of methoxy groups -OCH3 is 1. The molecule has 1 aliphatic carbocycles. The first-order valence-electron chi connectivity index (χ1n) is 11.6. The Morgan fingerprint density at radius 2 is 1.75 bits per heavy atom. The average molecular weight is 464 g/mol. The summed E-state index contributed by atoms with van der Waals surface area (Å²) < 4.78 is 33.4. The third-order valence-corrected chi connectivity index (χ3v) is 8.24. The molecule has 2 aliphatic heterocycles. The second-order valence-electron chi connectivity index (χ2n) is 9.36. The normalized spacial score (nSPS) is 22.6. The van der Waals surface area contributed by atoms with Crippen molar-refractivity contribution in [2.45, 2.75) is 56.4 Å². The molecule has 1 N–H and O–H groups in total. The lowest BCUT2D eigenvalue weighted by atomic mass is 9.92. The average Bonchev–Trinajstić information content (AvgIpc) is 3.61. The smallest absolute Gasteiger partial charge is 0.253 e. The van der Waals surface area contributed by atoms with E-state index in [2.05, 4.69) is 11.6 Å². The maximum atomic E-state index is 13.1. The van der Waals surface area contributed by atoms with Gasteiger partial charge in [-0.1, -0.05) is 6.92 Å². The van der Waals surface area contributed by atoms with Gasteiger partial charge in [-0.05, 0) is 62.6 Å². The molecule has 0 spiro atoms. The summed E-state index contributed by atoms with van der Waals surface area (Å²) in [5.41, 5.74) is 0.316. The molecule has 3 aliphatic rings. The molecule has 0 aromatic heterocycles. The van der Waals surface area contributed by atoms with Crippen molar-refractivity contribution in [3.8, 4) is 5.75 Å². The predicted octanol–water partition coefficient (Wildman–Crippen LogP) is 2.25. The fourth-order valence-electron chi connectivity index (χ4n) is 4.66. The van der Waals surface area contributed by atoms with Crippen LogP contribution in [0.25, 0.3) is 0 Å². The topological polar surface area (TPSA) is 96.0 Å².